The van der Waals surface area contributed by atoms with Gasteiger partial charge in [-0.2, -0.15) is 0 Å². The molecular formula is C13H25N3O4. The Morgan fingerprint density at radius 3 is 2.45 bits per heavy atom. The summed E-state index contributed by atoms with van der Waals surface area (Å²) in [4.78, 5) is 25.4. The zero-order valence-electron chi connectivity index (χ0n) is 12.4. The van der Waals surface area contributed by atoms with Gasteiger partial charge in [0.2, 0.25) is 0 Å². The molecule has 1 aliphatic heterocycles. The van der Waals surface area contributed by atoms with E-state index in [4.69, 9.17) is 4.74 Å². The maximum absolute atomic E-state index is 11.9. The zero-order valence-corrected chi connectivity index (χ0v) is 12.4. The van der Waals surface area contributed by atoms with Gasteiger partial charge < -0.3 is 25.4 Å². The Hall–Kier alpha value is -1.34. The van der Waals surface area contributed by atoms with Crippen molar-refractivity contribution >= 4 is 12.0 Å². The molecule has 1 rings (SSSR count). The summed E-state index contributed by atoms with van der Waals surface area (Å²) in [6.45, 7) is 3.46. The maximum Gasteiger partial charge on any atom is 0.329 e. The van der Waals surface area contributed by atoms with Crippen molar-refractivity contribution < 1.29 is 19.4 Å². The molecule has 0 aromatic rings. The van der Waals surface area contributed by atoms with Gasteiger partial charge in [0.15, 0.2) is 0 Å². The van der Waals surface area contributed by atoms with Crippen molar-refractivity contribution in [2.45, 2.75) is 37.8 Å². The number of nitrogens with zero attached hydrogens (tertiary/aromatic N) is 1. The molecule has 0 spiro atoms. The second kappa shape index (κ2) is 7.44. The maximum atomic E-state index is 11.9. The molecule has 7 nitrogen and oxygen atoms in total. The Morgan fingerprint density at radius 2 is 1.95 bits per heavy atom. The van der Waals surface area contributed by atoms with Crippen molar-refractivity contribution in [2.24, 2.45) is 0 Å². The van der Waals surface area contributed by atoms with Gasteiger partial charge in [0, 0.05) is 32.1 Å². The highest BCUT2D eigenvalue weighted by Gasteiger charge is 2.41. The first-order valence-electron chi connectivity index (χ1n) is 6.90. The second-order valence-electron chi connectivity index (χ2n) is 5.59. The van der Waals surface area contributed by atoms with E-state index in [1.807, 2.05) is 25.9 Å². The van der Waals surface area contributed by atoms with Crippen LogP contribution in [0.25, 0.3) is 0 Å². The Labute approximate surface area is 119 Å². The fourth-order valence-corrected chi connectivity index (χ4v) is 2.11. The van der Waals surface area contributed by atoms with Gasteiger partial charge in [-0.3, -0.25) is 0 Å². The molecule has 1 aliphatic rings. The first-order chi connectivity index (χ1) is 9.35. The van der Waals surface area contributed by atoms with Crippen LogP contribution in [0.3, 0.4) is 0 Å². The van der Waals surface area contributed by atoms with Crippen LogP contribution in [0.4, 0.5) is 4.79 Å². The van der Waals surface area contributed by atoms with Crippen LogP contribution in [0.1, 0.15) is 26.2 Å². The van der Waals surface area contributed by atoms with Gasteiger partial charge >= 0.3 is 12.0 Å². The van der Waals surface area contributed by atoms with Crippen molar-refractivity contribution in [3.05, 3.63) is 0 Å². The van der Waals surface area contributed by atoms with E-state index in [1.165, 1.54) is 0 Å². The van der Waals surface area contributed by atoms with E-state index in [1.54, 1.807) is 0 Å². The molecule has 0 aliphatic carbocycles. The van der Waals surface area contributed by atoms with Crippen LogP contribution in [-0.4, -0.2) is 67.4 Å². The molecule has 1 saturated heterocycles. The molecular weight excluding hydrogens is 262 g/mol. The SMILES string of the molecule is CC(CCN(C)C)NC(=O)NC1(C(=O)O)CCOCC1. The number of rotatable bonds is 6. The van der Waals surface area contributed by atoms with Gasteiger partial charge in [0.1, 0.15) is 5.54 Å². The smallest absolute Gasteiger partial charge is 0.329 e. The molecule has 0 bridgehead atoms. The predicted molar refractivity (Wildman–Crippen MR) is 74.7 cm³/mol. The minimum Gasteiger partial charge on any atom is -0.480 e. The summed E-state index contributed by atoms with van der Waals surface area (Å²) in [5, 5.41) is 14.7. The molecule has 0 radical (unpaired) electrons. The van der Waals surface area contributed by atoms with Gasteiger partial charge in [-0.05, 0) is 34.0 Å². The largest absolute Gasteiger partial charge is 0.480 e. The summed E-state index contributed by atoms with van der Waals surface area (Å²) in [5.41, 5.74) is -1.20. The van der Waals surface area contributed by atoms with Crippen LogP contribution >= 0.6 is 0 Å². The quantitative estimate of drug-likeness (QED) is 0.652. The van der Waals surface area contributed by atoms with Crippen LogP contribution in [0.5, 0.6) is 0 Å². The first kappa shape index (κ1) is 16.7. The van der Waals surface area contributed by atoms with E-state index in [2.05, 4.69) is 10.6 Å². The van der Waals surface area contributed by atoms with E-state index < -0.39 is 17.5 Å². The molecule has 1 atom stereocenters. The topological polar surface area (TPSA) is 90.9 Å². The van der Waals surface area contributed by atoms with Crippen LogP contribution in [0.2, 0.25) is 0 Å². The van der Waals surface area contributed by atoms with Crippen molar-refractivity contribution in [3.8, 4) is 0 Å². The fraction of sp³-hybridized carbons (Fsp3) is 0.846. The number of carboxylic acid groups (broad SMARTS) is 1. The van der Waals surface area contributed by atoms with E-state index in [0.717, 1.165) is 13.0 Å². The van der Waals surface area contributed by atoms with E-state index >= 15 is 0 Å². The van der Waals surface area contributed by atoms with Crippen LogP contribution < -0.4 is 10.6 Å². The number of amides is 2. The minimum absolute atomic E-state index is 0.0110. The summed E-state index contributed by atoms with van der Waals surface area (Å²) in [6.07, 6.45) is 1.40. The van der Waals surface area contributed by atoms with Crippen molar-refractivity contribution in [3.63, 3.8) is 0 Å². The van der Waals surface area contributed by atoms with Crippen molar-refractivity contribution in [1.29, 1.82) is 0 Å². The highest BCUT2D eigenvalue weighted by molar-refractivity contribution is 5.86. The van der Waals surface area contributed by atoms with E-state index in [0.29, 0.717) is 26.1 Å². The molecule has 0 aromatic carbocycles. The second-order valence-corrected chi connectivity index (χ2v) is 5.59. The number of nitrogens with one attached hydrogen (secondary N) is 2. The number of carbonyl (C=O) groups excluding carboxylic acids is 1. The van der Waals surface area contributed by atoms with Crippen LogP contribution in [0.15, 0.2) is 0 Å². The highest BCUT2D eigenvalue weighted by atomic mass is 16.5. The van der Waals surface area contributed by atoms with Crippen LogP contribution in [0, 0.1) is 0 Å². The standard InChI is InChI=1S/C13H25N3O4/c1-10(4-7-16(2)3)14-12(19)15-13(11(17)18)5-8-20-9-6-13/h10H,4-9H2,1-3H3,(H,17,18)(H2,14,15,19). The average molecular weight is 287 g/mol. The average Bonchev–Trinajstić information content (AvgIpc) is 2.37. The minimum atomic E-state index is -1.20. The molecule has 20 heavy (non-hydrogen) atoms. The number of ether oxygens (including phenoxy) is 1. The lowest BCUT2D eigenvalue weighted by molar-refractivity contribution is -0.148. The number of urea groups is 1. The highest BCUT2D eigenvalue weighted by Crippen LogP contribution is 2.20. The molecule has 1 heterocycles. The number of aliphatic carboxylic acids is 1. The number of carboxylic acids is 1. The third-order valence-electron chi connectivity index (χ3n) is 3.50. The molecule has 1 fully saturated rings. The molecule has 7 heteroatoms. The normalized spacial score (nSPS) is 19.4. The molecule has 0 saturated carbocycles. The summed E-state index contributed by atoms with van der Waals surface area (Å²) < 4.78 is 5.16. The number of hydrogen-bond donors (Lipinski definition) is 3. The zero-order chi connectivity index (χ0) is 15.2. The van der Waals surface area contributed by atoms with E-state index in [-0.39, 0.29) is 6.04 Å². The summed E-state index contributed by atoms with van der Waals surface area (Å²) in [5.74, 6) is -1.00. The number of carbonyl (C=O) groups is 2. The Kier molecular flexibility index (Phi) is 6.22. The Morgan fingerprint density at radius 1 is 1.35 bits per heavy atom. The molecule has 116 valence electrons. The van der Waals surface area contributed by atoms with Gasteiger partial charge in [0.05, 0.1) is 0 Å². The molecule has 3 N–H and O–H groups in total. The molecule has 0 aromatic heterocycles. The van der Waals surface area contributed by atoms with Crippen molar-refractivity contribution in [1.82, 2.24) is 15.5 Å². The van der Waals surface area contributed by atoms with Gasteiger partial charge in [0.25, 0.3) is 0 Å². The summed E-state index contributed by atoms with van der Waals surface area (Å²) >= 11 is 0. The molecule has 1 unspecified atom stereocenters. The summed E-state index contributed by atoms with van der Waals surface area (Å²) in [6, 6.07) is -0.441. The van der Waals surface area contributed by atoms with Gasteiger partial charge in [-0.25, -0.2) is 9.59 Å². The number of hydrogen-bond acceptors (Lipinski definition) is 4. The van der Waals surface area contributed by atoms with Crippen molar-refractivity contribution in [2.75, 3.05) is 33.9 Å². The lowest BCUT2D eigenvalue weighted by Crippen LogP contribution is -2.60. The summed E-state index contributed by atoms with van der Waals surface area (Å²) in [7, 11) is 3.93. The third kappa shape index (κ3) is 4.97. The van der Waals surface area contributed by atoms with Gasteiger partial charge in [-0.15, -0.1) is 0 Å². The first-order valence-corrected chi connectivity index (χ1v) is 6.90. The Bertz CT molecular complexity index is 341. The predicted octanol–water partition coefficient (Wildman–Crippen LogP) is 0.260. The van der Waals surface area contributed by atoms with Gasteiger partial charge in [-0.1, -0.05) is 0 Å². The monoisotopic (exact) mass is 287 g/mol. The third-order valence-corrected chi connectivity index (χ3v) is 3.50. The lowest BCUT2D eigenvalue weighted by atomic mass is 9.90. The lowest BCUT2D eigenvalue weighted by Gasteiger charge is -2.34. The Balaban J connectivity index is 2.48. The van der Waals surface area contributed by atoms with E-state index in [9.17, 15) is 14.7 Å². The fourth-order valence-electron chi connectivity index (χ4n) is 2.11. The van der Waals surface area contributed by atoms with Crippen LogP contribution in [-0.2, 0) is 9.53 Å². The molecule has 2 amide bonds.